The second kappa shape index (κ2) is 7.31. The van der Waals surface area contributed by atoms with Gasteiger partial charge in [-0.05, 0) is 49.1 Å². The third-order valence-electron chi connectivity index (χ3n) is 6.08. The molecule has 1 saturated heterocycles. The SMILES string of the molecule is COC(=O)c1nc(N2C[C@H]3C[C@@H](c4ccccc4C(F)(F)F)C[C@H]3C2)ncc1C. The minimum Gasteiger partial charge on any atom is -0.464 e. The van der Waals surface area contributed by atoms with E-state index in [1.54, 1.807) is 25.3 Å². The van der Waals surface area contributed by atoms with Crippen LogP contribution in [0.2, 0.25) is 0 Å². The zero-order valence-corrected chi connectivity index (χ0v) is 16.2. The highest BCUT2D eigenvalue weighted by atomic mass is 19.4. The molecule has 2 aromatic rings. The highest BCUT2D eigenvalue weighted by molar-refractivity contribution is 5.88. The van der Waals surface area contributed by atoms with Crippen LogP contribution in [-0.2, 0) is 10.9 Å². The Morgan fingerprint density at radius 2 is 1.83 bits per heavy atom. The summed E-state index contributed by atoms with van der Waals surface area (Å²) >= 11 is 0. The Balaban J connectivity index is 1.50. The molecule has 1 saturated carbocycles. The number of nitrogens with zero attached hydrogens (tertiary/aromatic N) is 3. The number of carbonyl (C=O) groups is 1. The normalized spacial score (nSPS) is 23.9. The number of hydrogen-bond donors (Lipinski definition) is 0. The summed E-state index contributed by atoms with van der Waals surface area (Å²) in [4.78, 5) is 22.6. The summed E-state index contributed by atoms with van der Waals surface area (Å²) in [6.45, 7) is 3.11. The molecule has 0 unspecified atom stereocenters. The summed E-state index contributed by atoms with van der Waals surface area (Å²) in [5, 5.41) is 0. The molecule has 154 valence electrons. The van der Waals surface area contributed by atoms with E-state index in [1.807, 2.05) is 4.90 Å². The maximum absolute atomic E-state index is 13.4. The Labute approximate surface area is 166 Å². The molecule has 5 nitrogen and oxygen atoms in total. The smallest absolute Gasteiger partial charge is 0.416 e. The Bertz CT molecular complexity index is 918. The lowest BCUT2D eigenvalue weighted by Crippen LogP contribution is -2.25. The van der Waals surface area contributed by atoms with Gasteiger partial charge in [-0.2, -0.15) is 13.2 Å². The van der Waals surface area contributed by atoms with E-state index in [0.29, 0.717) is 43.0 Å². The fourth-order valence-electron chi connectivity index (χ4n) is 4.72. The van der Waals surface area contributed by atoms with Gasteiger partial charge >= 0.3 is 12.1 Å². The molecule has 0 amide bonds. The number of anilines is 1. The van der Waals surface area contributed by atoms with Gasteiger partial charge in [-0.1, -0.05) is 18.2 Å². The standard InChI is InChI=1S/C21H22F3N3O2/c1-12-9-25-20(26-18(12)19(28)29-2)27-10-14-7-13(8-15(14)11-27)16-5-3-4-6-17(16)21(22,23)24/h3-6,9,13-15H,7-8,10-11H2,1-2H3/t13-,14-,15+. The number of carbonyl (C=O) groups excluding carboxylic acids is 1. The first kappa shape index (κ1) is 19.7. The summed E-state index contributed by atoms with van der Waals surface area (Å²) < 4.78 is 44.9. The Morgan fingerprint density at radius 1 is 1.17 bits per heavy atom. The van der Waals surface area contributed by atoms with Gasteiger partial charge < -0.3 is 9.64 Å². The van der Waals surface area contributed by atoms with Crippen LogP contribution in [0.25, 0.3) is 0 Å². The third-order valence-corrected chi connectivity index (χ3v) is 6.08. The van der Waals surface area contributed by atoms with Gasteiger partial charge in [0, 0.05) is 24.8 Å². The molecule has 0 bridgehead atoms. The molecule has 3 atom stereocenters. The van der Waals surface area contributed by atoms with Gasteiger partial charge in [-0.15, -0.1) is 0 Å². The number of rotatable bonds is 3. The molecule has 1 aliphatic carbocycles. The number of halogens is 3. The van der Waals surface area contributed by atoms with E-state index in [0.717, 1.165) is 0 Å². The van der Waals surface area contributed by atoms with E-state index in [9.17, 15) is 18.0 Å². The number of aryl methyl sites for hydroxylation is 1. The second-order valence-electron chi connectivity index (χ2n) is 7.87. The van der Waals surface area contributed by atoms with Gasteiger partial charge in [0.15, 0.2) is 5.69 Å². The number of alkyl halides is 3. The number of ether oxygens (including phenoxy) is 1. The zero-order valence-electron chi connectivity index (χ0n) is 16.2. The van der Waals surface area contributed by atoms with Crippen molar-refractivity contribution >= 4 is 11.9 Å². The molecular weight excluding hydrogens is 383 g/mol. The average molecular weight is 405 g/mol. The molecule has 1 aromatic carbocycles. The van der Waals surface area contributed by atoms with E-state index in [1.165, 1.54) is 19.2 Å². The fourth-order valence-corrected chi connectivity index (χ4v) is 4.72. The first-order chi connectivity index (χ1) is 13.8. The Hall–Kier alpha value is -2.64. The average Bonchev–Trinajstić information content (AvgIpc) is 3.26. The maximum Gasteiger partial charge on any atom is 0.416 e. The van der Waals surface area contributed by atoms with Crippen molar-refractivity contribution in [2.24, 2.45) is 11.8 Å². The van der Waals surface area contributed by atoms with Gasteiger partial charge in [0.2, 0.25) is 5.95 Å². The molecule has 8 heteroatoms. The van der Waals surface area contributed by atoms with Crippen LogP contribution in [0.1, 0.15) is 45.9 Å². The number of methoxy groups -OCH3 is 1. The van der Waals surface area contributed by atoms with Crippen LogP contribution < -0.4 is 4.90 Å². The molecule has 0 N–H and O–H groups in total. The molecule has 29 heavy (non-hydrogen) atoms. The largest absolute Gasteiger partial charge is 0.464 e. The minimum absolute atomic E-state index is 0.0884. The third kappa shape index (κ3) is 3.68. The highest BCUT2D eigenvalue weighted by Gasteiger charge is 2.44. The van der Waals surface area contributed by atoms with Crippen molar-refractivity contribution in [1.82, 2.24) is 9.97 Å². The number of fused-ring (bicyclic) bond motifs is 1. The van der Waals surface area contributed by atoms with Crippen molar-refractivity contribution in [3.05, 3.63) is 52.8 Å². The lowest BCUT2D eigenvalue weighted by atomic mass is 9.91. The molecule has 0 radical (unpaired) electrons. The summed E-state index contributed by atoms with van der Waals surface area (Å²) in [6, 6.07) is 5.90. The van der Waals surface area contributed by atoms with Crippen molar-refractivity contribution in [1.29, 1.82) is 0 Å². The van der Waals surface area contributed by atoms with Crippen LogP contribution in [-0.4, -0.2) is 36.1 Å². The molecule has 2 heterocycles. The maximum atomic E-state index is 13.4. The van der Waals surface area contributed by atoms with Crippen molar-refractivity contribution in [2.75, 3.05) is 25.1 Å². The van der Waals surface area contributed by atoms with E-state index >= 15 is 0 Å². The predicted molar refractivity (Wildman–Crippen MR) is 101 cm³/mol. The van der Waals surface area contributed by atoms with Gasteiger partial charge in [0.05, 0.1) is 12.7 Å². The predicted octanol–water partition coefficient (Wildman–Crippen LogP) is 4.22. The monoisotopic (exact) mass is 405 g/mol. The van der Waals surface area contributed by atoms with Crippen molar-refractivity contribution in [2.45, 2.75) is 31.9 Å². The van der Waals surface area contributed by atoms with Crippen LogP contribution >= 0.6 is 0 Å². The van der Waals surface area contributed by atoms with Gasteiger partial charge in [-0.3, -0.25) is 0 Å². The minimum atomic E-state index is -4.33. The van der Waals surface area contributed by atoms with Crippen LogP contribution in [0.3, 0.4) is 0 Å². The van der Waals surface area contributed by atoms with Gasteiger partial charge in [0.25, 0.3) is 0 Å². The number of benzene rings is 1. The van der Waals surface area contributed by atoms with E-state index < -0.39 is 17.7 Å². The summed E-state index contributed by atoms with van der Waals surface area (Å²) in [6.07, 6.45) is -1.31. The van der Waals surface area contributed by atoms with Crippen molar-refractivity contribution < 1.29 is 22.7 Å². The lowest BCUT2D eigenvalue weighted by molar-refractivity contribution is -0.138. The van der Waals surface area contributed by atoms with Crippen LogP contribution in [0.4, 0.5) is 19.1 Å². The fraction of sp³-hybridized carbons (Fsp3) is 0.476. The lowest BCUT2D eigenvalue weighted by Gasteiger charge is -2.22. The van der Waals surface area contributed by atoms with Crippen LogP contribution in [0.15, 0.2) is 30.5 Å². The number of hydrogen-bond acceptors (Lipinski definition) is 5. The quantitative estimate of drug-likeness (QED) is 0.716. The molecule has 4 rings (SSSR count). The van der Waals surface area contributed by atoms with Crippen LogP contribution in [0.5, 0.6) is 0 Å². The first-order valence-electron chi connectivity index (χ1n) is 9.61. The van der Waals surface area contributed by atoms with Gasteiger partial charge in [0.1, 0.15) is 0 Å². The Kier molecular flexibility index (Phi) is 4.96. The van der Waals surface area contributed by atoms with E-state index in [4.69, 9.17) is 4.74 Å². The molecule has 0 spiro atoms. The first-order valence-corrected chi connectivity index (χ1v) is 9.61. The summed E-state index contributed by atoms with van der Waals surface area (Å²) in [7, 11) is 1.31. The number of aromatic nitrogens is 2. The number of esters is 1. The summed E-state index contributed by atoms with van der Waals surface area (Å²) in [5.74, 6) is 0.446. The van der Waals surface area contributed by atoms with Crippen molar-refractivity contribution in [3.63, 3.8) is 0 Å². The highest BCUT2D eigenvalue weighted by Crippen LogP contribution is 2.49. The van der Waals surface area contributed by atoms with E-state index in [-0.39, 0.29) is 23.4 Å². The van der Waals surface area contributed by atoms with Crippen molar-refractivity contribution in [3.8, 4) is 0 Å². The van der Waals surface area contributed by atoms with Gasteiger partial charge in [-0.25, -0.2) is 14.8 Å². The van der Waals surface area contributed by atoms with E-state index in [2.05, 4.69) is 9.97 Å². The Morgan fingerprint density at radius 3 is 2.45 bits per heavy atom. The molecule has 2 aliphatic rings. The topological polar surface area (TPSA) is 55.3 Å². The molecule has 1 aromatic heterocycles. The molecule has 1 aliphatic heterocycles. The summed E-state index contributed by atoms with van der Waals surface area (Å²) in [5.41, 5.74) is 0.766. The molecule has 2 fully saturated rings. The molecular formula is C21H22F3N3O2. The van der Waals surface area contributed by atoms with Crippen LogP contribution in [0, 0.1) is 18.8 Å². The second-order valence-corrected chi connectivity index (χ2v) is 7.87. The zero-order chi connectivity index (χ0) is 20.8.